The molecular formula is C13H18N2O2S. The maximum atomic E-state index is 11.9. The molecule has 0 fully saturated rings. The third-order valence-corrected chi connectivity index (χ3v) is 3.46. The van der Waals surface area contributed by atoms with Gasteiger partial charge >= 0.3 is 6.09 Å². The molecule has 0 radical (unpaired) electrons. The van der Waals surface area contributed by atoms with Crippen LogP contribution in [0.2, 0.25) is 0 Å². The molecule has 0 unspecified atom stereocenters. The SMILES string of the molecule is Cc1cnc(C2=CCN(C(=O)OC(C)(C)C)C2)s1. The first kappa shape index (κ1) is 13.1. The summed E-state index contributed by atoms with van der Waals surface area (Å²) in [6, 6.07) is 0. The van der Waals surface area contributed by atoms with Crippen molar-refractivity contribution >= 4 is 23.0 Å². The fourth-order valence-electron chi connectivity index (χ4n) is 1.68. The Bertz CT molecular complexity index is 485. The van der Waals surface area contributed by atoms with Crippen molar-refractivity contribution in [3.05, 3.63) is 22.2 Å². The first-order valence-corrected chi connectivity index (χ1v) is 6.76. The minimum absolute atomic E-state index is 0.262. The summed E-state index contributed by atoms with van der Waals surface area (Å²) < 4.78 is 5.35. The quantitative estimate of drug-likeness (QED) is 0.784. The topological polar surface area (TPSA) is 42.4 Å². The molecule has 1 aromatic rings. The number of hydrogen-bond donors (Lipinski definition) is 0. The first-order valence-electron chi connectivity index (χ1n) is 5.95. The highest BCUT2D eigenvalue weighted by atomic mass is 32.1. The molecule has 0 atom stereocenters. The molecule has 5 heteroatoms. The minimum atomic E-state index is -0.447. The lowest BCUT2D eigenvalue weighted by Crippen LogP contribution is -2.35. The van der Waals surface area contributed by atoms with Crippen LogP contribution in [0.4, 0.5) is 4.79 Å². The third kappa shape index (κ3) is 3.10. The van der Waals surface area contributed by atoms with E-state index in [4.69, 9.17) is 4.74 Å². The Labute approximate surface area is 111 Å². The average Bonchev–Trinajstić information content (AvgIpc) is 2.82. The molecular weight excluding hydrogens is 248 g/mol. The zero-order chi connectivity index (χ0) is 13.3. The lowest BCUT2D eigenvalue weighted by atomic mass is 10.2. The average molecular weight is 266 g/mol. The minimum Gasteiger partial charge on any atom is -0.444 e. The van der Waals surface area contributed by atoms with E-state index in [0.29, 0.717) is 13.1 Å². The van der Waals surface area contributed by atoms with E-state index >= 15 is 0 Å². The second kappa shape index (κ2) is 4.72. The Balaban J connectivity index is 1.97. The number of carbonyl (C=O) groups is 1. The number of thiazole rings is 1. The van der Waals surface area contributed by atoms with Crippen molar-refractivity contribution in [1.82, 2.24) is 9.88 Å². The molecule has 0 aromatic carbocycles. The molecule has 0 spiro atoms. The van der Waals surface area contributed by atoms with Crippen LogP contribution in [0.3, 0.4) is 0 Å². The summed E-state index contributed by atoms with van der Waals surface area (Å²) in [6.45, 7) is 8.84. The van der Waals surface area contributed by atoms with Gasteiger partial charge in [-0.2, -0.15) is 0 Å². The summed E-state index contributed by atoms with van der Waals surface area (Å²) in [7, 11) is 0. The Kier molecular flexibility index (Phi) is 3.43. The Morgan fingerprint density at radius 2 is 2.22 bits per heavy atom. The molecule has 0 saturated carbocycles. The molecule has 0 N–H and O–H groups in total. The lowest BCUT2D eigenvalue weighted by molar-refractivity contribution is 0.0306. The second-order valence-corrected chi connectivity index (χ2v) is 6.60. The normalized spacial score (nSPS) is 15.8. The molecule has 2 rings (SSSR count). The summed E-state index contributed by atoms with van der Waals surface area (Å²) in [6.07, 6.45) is 3.64. The summed E-state index contributed by atoms with van der Waals surface area (Å²) in [5.41, 5.74) is 0.663. The third-order valence-electron chi connectivity index (χ3n) is 2.47. The van der Waals surface area contributed by atoms with Gasteiger partial charge in [-0.25, -0.2) is 9.78 Å². The van der Waals surface area contributed by atoms with Gasteiger partial charge in [0.15, 0.2) is 0 Å². The summed E-state index contributed by atoms with van der Waals surface area (Å²) in [4.78, 5) is 19.1. The van der Waals surface area contributed by atoms with Crippen molar-refractivity contribution in [2.45, 2.75) is 33.3 Å². The standard InChI is InChI=1S/C13H18N2O2S/c1-9-7-14-11(18-9)10-5-6-15(8-10)12(16)17-13(2,3)4/h5,7H,6,8H2,1-4H3. The van der Waals surface area contributed by atoms with Gasteiger partial charge in [0.1, 0.15) is 10.6 Å². The van der Waals surface area contributed by atoms with Crippen LogP contribution in [0.15, 0.2) is 12.3 Å². The summed E-state index contributed by atoms with van der Waals surface area (Å²) >= 11 is 1.65. The van der Waals surface area contributed by atoms with Crippen LogP contribution in [0.1, 0.15) is 30.7 Å². The van der Waals surface area contributed by atoms with Crippen molar-refractivity contribution in [2.75, 3.05) is 13.1 Å². The zero-order valence-electron chi connectivity index (χ0n) is 11.2. The summed E-state index contributed by atoms with van der Waals surface area (Å²) in [5.74, 6) is 0. The molecule has 98 valence electrons. The number of hydrogen-bond acceptors (Lipinski definition) is 4. The molecule has 0 saturated heterocycles. The predicted octanol–water partition coefficient (Wildman–Crippen LogP) is 3.09. The van der Waals surface area contributed by atoms with Gasteiger partial charge in [0, 0.05) is 23.2 Å². The summed E-state index contributed by atoms with van der Waals surface area (Å²) in [5, 5.41) is 0.999. The van der Waals surface area contributed by atoms with Crippen molar-refractivity contribution in [1.29, 1.82) is 0 Å². The van der Waals surface area contributed by atoms with Crippen LogP contribution in [-0.2, 0) is 4.74 Å². The van der Waals surface area contributed by atoms with Crippen molar-refractivity contribution < 1.29 is 9.53 Å². The Hall–Kier alpha value is -1.36. The van der Waals surface area contributed by atoms with Crippen molar-refractivity contribution in [2.24, 2.45) is 0 Å². The van der Waals surface area contributed by atoms with Gasteiger partial charge in [-0.3, -0.25) is 0 Å². The van der Waals surface area contributed by atoms with E-state index < -0.39 is 5.60 Å². The van der Waals surface area contributed by atoms with Gasteiger partial charge in [0.25, 0.3) is 0 Å². The zero-order valence-corrected chi connectivity index (χ0v) is 12.0. The van der Waals surface area contributed by atoms with Gasteiger partial charge in [0.05, 0.1) is 6.54 Å². The van der Waals surface area contributed by atoms with Gasteiger partial charge in [-0.15, -0.1) is 11.3 Å². The molecule has 1 aliphatic rings. The van der Waals surface area contributed by atoms with Crippen LogP contribution >= 0.6 is 11.3 Å². The van der Waals surface area contributed by atoms with E-state index in [1.807, 2.05) is 40.0 Å². The van der Waals surface area contributed by atoms with Crippen LogP contribution in [0.25, 0.3) is 5.57 Å². The van der Waals surface area contributed by atoms with Crippen LogP contribution < -0.4 is 0 Å². The van der Waals surface area contributed by atoms with Gasteiger partial charge in [0.2, 0.25) is 0 Å². The number of amides is 1. The van der Waals surface area contributed by atoms with Gasteiger partial charge < -0.3 is 9.64 Å². The molecule has 1 aromatic heterocycles. The smallest absolute Gasteiger partial charge is 0.410 e. The van der Waals surface area contributed by atoms with Crippen molar-refractivity contribution in [3.8, 4) is 0 Å². The molecule has 4 nitrogen and oxygen atoms in total. The molecule has 1 aliphatic heterocycles. The van der Waals surface area contributed by atoms with Gasteiger partial charge in [-0.1, -0.05) is 6.08 Å². The monoisotopic (exact) mass is 266 g/mol. The predicted molar refractivity (Wildman–Crippen MR) is 72.6 cm³/mol. The largest absolute Gasteiger partial charge is 0.444 e. The molecule has 0 bridgehead atoms. The van der Waals surface area contributed by atoms with Crippen LogP contribution in [0.5, 0.6) is 0 Å². The van der Waals surface area contributed by atoms with E-state index in [1.54, 1.807) is 16.2 Å². The van der Waals surface area contributed by atoms with Crippen molar-refractivity contribution in [3.63, 3.8) is 0 Å². The highest BCUT2D eigenvalue weighted by Gasteiger charge is 2.26. The lowest BCUT2D eigenvalue weighted by Gasteiger charge is -2.24. The van der Waals surface area contributed by atoms with Crippen LogP contribution in [-0.4, -0.2) is 34.7 Å². The fraction of sp³-hybridized carbons (Fsp3) is 0.538. The van der Waals surface area contributed by atoms with E-state index in [2.05, 4.69) is 4.98 Å². The van der Waals surface area contributed by atoms with E-state index in [-0.39, 0.29) is 6.09 Å². The maximum Gasteiger partial charge on any atom is 0.410 e. The maximum absolute atomic E-state index is 11.9. The highest BCUT2D eigenvalue weighted by Crippen LogP contribution is 2.25. The Morgan fingerprint density at radius 1 is 1.50 bits per heavy atom. The number of ether oxygens (including phenoxy) is 1. The molecule has 18 heavy (non-hydrogen) atoms. The molecule has 2 heterocycles. The second-order valence-electron chi connectivity index (χ2n) is 5.37. The number of carbonyl (C=O) groups excluding carboxylic acids is 1. The van der Waals surface area contributed by atoms with E-state index in [0.717, 1.165) is 10.6 Å². The van der Waals surface area contributed by atoms with Gasteiger partial charge in [-0.05, 0) is 27.7 Å². The number of nitrogens with zero attached hydrogens (tertiary/aromatic N) is 2. The Morgan fingerprint density at radius 3 is 2.78 bits per heavy atom. The van der Waals surface area contributed by atoms with Crippen LogP contribution in [0, 0.1) is 6.92 Å². The highest BCUT2D eigenvalue weighted by molar-refractivity contribution is 7.12. The fourth-order valence-corrected chi connectivity index (χ4v) is 2.47. The van der Waals surface area contributed by atoms with E-state index in [9.17, 15) is 4.79 Å². The van der Waals surface area contributed by atoms with E-state index in [1.165, 1.54) is 4.88 Å². The number of aromatic nitrogens is 1. The molecule has 0 aliphatic carbocycles. The first-order chi connectivity index (χ1) is 8.35. The number of rotatable bonds is 1. The molecule has 1 amide bonds. The number of aryl methyl sites for hydroxylation is 1.